The van der Waals surface area contributed by atoms with Crippen molar-refractivity contribution in [1.82, 2.24) is 9.97 Å². The molecule has 0 amide bonds. The van der Waals surface area contributed by atoms with Crippen LogP contribution in [0, 0.1) is 6.92 Å². The molecule has 0 fully saturated rings. The van der Waals surface area contributed by atoms with Gasteiger partial charge in [-0.15, -0.1) is 0 Å². The first kappa shape index (κ1) is 12.2. The third-order valence-electron chi connectivity index (χ3n) is 2.55. The Kier molecular flexibility index (Phi) is 3.86. The van der Waals surface area contributed by atoms with Crippen molar-refractivity contribution < 1.29 is 0 Å². The van der Waals surface area contributed by atoms with Crippen LogP contribution in [0.5, 0.6) is 0 Å². The Hall–Kier alpha value is -1.26. The Balaban J connectivity index is 2.45. The second-order valence-corrected chi connectivity index (χ2v) is 4.77. The number of benzene rings is 1. The molecule has 1 heterocycles. The molecule has 3 nitrogen and oxygen atoms in total. The highest BCUT2D eigenvalue weighted by molar-refractivity contribution is 9.10. The second kappa shape index (κ2) is 5.38. The molecule has 17 heavy (non-hydrogen) atoms. The minimum Gasteiger partial charge on any atom is -0.330 e. The molecule has 1 aromatic heterocycles. The van der Waals surface area contributed by atoms with Crippen LogP contribution in [0.15, 0.2) is 34.9 Å². The molecule has 0 saturated heterocycles. The quantitative estimate of drug-likeness (QED) is 0.946. The number of aromatic nitrogens is 2. The van der Waals surface area contributed by atoms with Crippen molar-refractivity contribution in [1.29, 1.82) is 0 Å². The first-order valence-corrected chi connectivity index (χ1v) is 6.28. The van der Waals surface area contributed by atoms with Gasteiger partial charge in [-0.2, -0.15) is 0 Å². The van der Waals surface area contributed by atoms with Crippen LogP contribution in [0.4, 0.5) is 0 Å². The van der Waals surface area contributed by atoms with Gasteiger partial charge in [-0.25, -0.2) is 9.97 Å². The third-order valence-corrected chi connectivity index (χ3v) is 3.04. The summed E-state index contributed by atoms with van der Waals surface area (Å²) in [4.78, 5) is 8.73. The predicted octanol–water partition coefficient (Wildman–Crippen LogP) is 2.72. The standard InChI is InChI=1S/C13H14BrN3/c1-9-2-3-10(14)8-11(9)12-5-7-16-13(17-12)4-6-15/h2-3,5,7-8H,4,6,15H2,1H3. The average Bonchev–Trinajstić information content (AvgIpc) is 2.33. The van der Waals surface area contributed by atoms with Crippen LogP contribution < -0.4 is 5.73 Å². The Bertz CT molecular complexity index is 526. The van der Waals surface area contributed by atoms with E-state index >= 15 is 0 Å². The summed E-state index contributed by atoms with van der Waals surface area (Å²) in [6.45, 7) is 2.65. The van der Waals surface area contributed by atoms with Crippen molar-refractivity contribution in [2.45, 2.75) is 13.3 Å². The third kappa shape index (κ3) is 2.90. The lowest BCUT2D eigenvalue weighted by Crippen LogP contribution is -2.06. The summed E-state index contributed by atoms with van der Waals surface area (Å²) < 4.78 is 1.05. The van der Waals surface area contributed by atoms with E-state index in [1.807, 2.05) is 12.1 Å². The van der Waals surface area contributed by atoms with E-state index in [1.54, 1.807) is 6.20 Å². The molecule has 0 atom stereocenters. The Labute approximate surface area is 109 Å². The molecule has 2 rings (SSSR count). The normalized spacial score (nSPS) is 10.5. The zero-order valence-corrected chi connectivity index (χ0v) is 11.2. The van der Waals surface area contributed by atoms with Crippen LogP contribution in [0.2, 0.25) is 0 Å². The first-order chi connectivity index (χ1) is 8.20. The van der Waals surface area contributed by atoms with Crippen molar-refractivity contribution in [3.8, 4) is 11.3 Å². The lowest BCUT2D eigenvalue weighted by atomic mass is 10.1. The minimum absolute atomic E-state index is 0.570. The van der Waals surface area contributed by atoms with Crippen molar-refractivity contribution in [2.24, 2.45) is 5.73 Å². The highest BCUT2D eigenvalue weighted by atomic mass is 79.9. The van der Waals surface area contributed by atoms with E-state index in [-0.39, 0.29) is 0 Å². The molecule has 0 bridgehead atoms. The number of hydrogen-bond donors (Lipinski definition) is 1. The monoisotopic (exact) mass is 291 g/mol. The van der Waals surface area contributed by atoms with E-state index in [0.717, 1.165) is 21.6 Å². The van der Waals surface area contributed by atoms with Crippen LogP contribution in [-0.4, -0.2) is 16.5 Å². The maximum absolute atomic E-state index is 5.52. The van der Waals surface area contributed by atoms with E-state index in [9.17, 15) is 0 Å². The van der Waals surface area contributed by atoms with E-state index < -0.39 is 0 Å². The summed E-state index contributed by atoms with van der Waals surface area (Å²) in [5.74, 6) is 0.796. The van der Waals surface area contributed by atoms with E-state index in [2.05, 4.69) is 45.0 Å². The molecule has 0 unspecified atom stereocenters. The number of aryl methyl sites for hydroxylation is 1. The maximum atomic E-state index is 5.52. The van der Waals surface area contributed by atoms with Gasteiger partial charge in [-0.1, -0.05) is 22.0 Å². The highest BCUT2D eigenvalue weighted by Gasteiger charge is 2.05. The van der Waals surface area contributed by atoms with Gasteiger partial charge >= 0.3 is 0 Å². The fraction of sp³-hybridized carbons (Fsp3) is 0.231. The lowest BCUT2D eigenvalue weighted by Gasteiger charge is -2.07. The Morgan fingerprint density at radius 2 is 2.12 bits per heavy atom. The average molecular weight is 292 g/mol. The van der Waals surface area contributed by atoms with Crippen LogP contribution in [0.1, 0.15) is 11.4 Å². The minimum atomic E-state index is 0.570. The summed E-state index contributed by atoms with van der Waals surface area (Å²) in [6, 6.07) is 8.10. The number of halogens is 1. The van der Waals surface area contributed by atoms with Gasteiger partial charge < -0.3 is 5.73 Å². The molecule has 0 radical (unpaired) electrons. The van der Waals surface area contributed by atoms with Crippen molar-refractivity contribution in [3.63, 3.8) is 0 Å². The van der Waals surface area contributed by atoms with Crippen LogP contribution in [0.25, 0.3) is 11.3 Å². The van der Waals surface area contributed by atoms with Gasteiger partial charge in [0.1, 0.15) is 5.82 Å². The van der Waals surface area contributed by atoms with Crippen molar-refractivity contribution in [2.75, 3.05) is 6.54 Å². The predicted molar refractivity (Wildman–Crippen MR) is 72.7 cm³/mol. The lowest BCUT2D eigenvalue weighted by molar-refractivity contribution is 0.869. The number of nitrogens with zero attached hydrogens (tertiary/aromatic N) is 2. The van der Waals surface area contributed by atoms with Crippen LogP contribution in [0.3, 0.4) is 0 Å². The fourth-order valence-corrected chi connectivity index (χ4v) is 2.03. The molecule has 1 aromatic carbocycles. The summed E-state index contributed by atoms with van der Waals surface area (Å²) in [5, 5.41) is 0. The molecule has 0 spiro atoms. The fourth-order valence-electron chi connectivity index (χ4n) is 1.67. The van der Waals surface area contributed by atoms with Gasteiger partial charge in [0, 0.05) is 22.7 Å². The van der Waals surface area contributed by atoms with Gasteiger partial charge in [0.2, 0.25) is 0 Å². The molecule has 0 aliphatic rings. The van der Waals surface area contributed by atoms with Crippen LogP contribution >= 0.6 is 15.9 Å². The van der Waals surface area contributed by atoms with Gasteiger partial charge in [0.15, 0.2) is 0 Å². The zero-order valence-electron chi connectivity index (χ0n) is 9.65. The highest BCUT2D eigenvalue weighted by Crippen LogP contribution is 2.25. The smallest absolute Gasteiger partial charge is 0.130 e. The van der Waals surface area contributed by atoms with Crippen LogP contribution in [-0.2, 0) is 6.42 Å². The summed E-state index contributed by atoms with van der Waals surface area (Å²) >= 11 is 3.48. The summed E-state index contributed by atoms with van der Waals surface area (Å²) in [7, 11) is 0. The van der Waals surface area contributed by atoms with Crippen molar-refractivity contribution >= 4 is 15.9 Å². The molecule has 0 aliphatic heterocycles. The Morgan fingerprint density at radius 1 is 1.29 bits per heavy atom. The SMILES string of the molecule is Cc1ccc(Br)cc1-c1ccnc(CCN)n1. The van der Waals surface area contributed by atoms with Gasteiger partial charge in [0.25, 0.3) is 0 Å². The molecule has 2 aromatic rings. The molecule has 4 heteroatoms. The molecule has 0 aliphatic carbocycles. The topological polar surface area (TPSA) is 51.8 Å². The van der Waals surface area contributed by atoms with Gasteiger partial charge in [-0.05, 0) is 37.2 Å². The molecule has 2 N–H and O–H groups in total. The van der Waals surface area contributed by atoms with Gasteiger partial charge in [0.05, 0.1) is 5.69 Å². The van der Waals surface area contributed by atoms with Crippen molar-refractivity contribution in [3.05, 3.63) is 46.3 Å². The van der Waals surface area contributed by atoms with E-state index in [0.29, 0.717) is 13.0 Å². The zero-order chi connectivity index (χ0) is 12.3. The Morgan fingerprint density at radius 3 is 2.88 bits per heavy atom. The largest absolute Gasteiger partial charge is 0.330 e. The molecule has 88 valence electrons. The summed E-state index contributed by atoms with van der Waals surface area (Å²) in [6.07, 6.45) is 2.49. The number of hydrogen-bond acceptors (Lipinski definition) is 3. The summed E-state index contributed by atoms with van der Waals surface area (Å²) in [5.41, 5.74) is 8.79. The first-order valence-electron chi connectivity index (χ1n) is 5.49. The number of nitrogens with two attached hydrogens (primary N) is 1. The number of rotatable bonds is 3. The molecule has 0 saturated carbocycles. The maximum Gasteiger partial charge on any atom is 0.130 e. The molecular weight excluding hydrogens is 278 g/mol. The van der Waals surface area contributed by atoms with E-state index in [4.69, 9.17) is 5.73 Å². The second-order valence-electron chi connectivity index (χ2n) is 3.86. The van der Waals surface area contributed by atoms with Gasteiger partial charge in [-0.3, -0.25) is 0 Å². The van der Waals surface area contributed by atoms with E-state index in [1.165, 1.54) is 5.56 Å². The molecular formula is C13H14BrN3.